The van der Waals surface area contributed by atoms with Gasteiger partial charge < -0.3 is 20.2 Å². The van der Waals surface area contributed by atoms with Crippen LogP contribution in [0.15, 0.2) is 24.4 Å². The van der Waals surface area contributed by atoms with Crippen LogP contribution in [0.4, 0.5) is 0 Å². The molecule has 3 heterocycles. The molecule has 2 N–H and O–H groups in total. The molecular formula is C21H32N4O3. The number of hydrogen-bond donors (Lipinski definition) is 2. The third-order valence-corrected chi connectivity index (χ3v) is 5.71. The number of hydrogen-bond acceptors (Lipinski definition) is 5. The second-order valence-corrected chi connectivity index (χ2v) is 7.85. The fraction of sp³-hybridized carbons (Fsp3) is 0.667. The molecule has 1 aromatic rings. The van der Waals surface area contributed by atoms with Crippen molar-refractivity contribution >= 4 is 11.8 Å². The first kappa shape index (κ1) is 20.7. The van der Waals surface area contributed by atoms with E-state index in [0.29, 0.717) is 25.1 Å². The average Bonchev–Trinajstić information content (AvgIpc) is 2.99. The molecule has 2 amide bonds. The maximum atomic E-state index is 12.5. The molecule has 154 valence electrons. The second-order valence-electron chi connectivity index (χ2n) is 7.85. The lowest BCUT2D eigenvalue weighted by Crippen LogP contribution is -2.55. The number of rotatable bonds is 6. The minimum absolute atomic E-state index is 0.100. The monoisotopic (exact) mass is 388 g/mol. The fourth-order valence-electron chi connectivity index (χ4n) is 4.04. The van der Waals surface area contributed by atoms with Crippen LogP contribution in [0.1, 0.15) is 55.4 Å². The van der Waals surface area contributed by atoms with Gasteiger partial charge in [0.1, 0.15) is 5.69 Å². The highest BCUT2D eigenvalue weighted by atomic mass is 16.3. The largest absolute Gasteiger partial charge is 0.389 e. The number of carbonyl (C=O) groups is 2. The van der Waals surface area contributed by atoms with E-state index in [4.69, 9.17) is 0 Å². The predicted octanol–water partition coefficient (Wildman–Crippen LogP) is 1.43. The van der Waals surface area contributed by atoms with E-state index in [1.165, 1.54) is 25.7 Å². The van der Waals surface area contributed by atoms with Gasteiger partial charge in [0.25, 0.3) is 5.91 Å². The highest BCUT2D eigenvalue weighted by Gasteiger charge is 2.31. The summed E-state index contributed by atoms with van der Waals surface area (Å²) in [7, 11) is 0. The van der Waals surface area contributed by atoms with Gasteiger partial charge in [-0.25, -0.2) is 0 Å². The van der Waals surface area contributed by atoms with E-state index in [1.54, 1.807) is 29.3 Å². The summed E-state index contributed by atoms with van der Waals surface area (Å²) >= 11 is 0. The van der Waals surface area contributed by atoms with Gasteiger partial charge in [0.15, 0.2) is 0 Å². The number of aromatic nitrogens is 1. The highest BCUT2D eigenvalue weighted by molar-refractivity contribution is 5.92. The first-order chi connectivity index (χ1) is 13.6. The Bertz CT molecular complexity index is 632. The van der Waals surface area contributed by atoms with Gasteiger partial charge in [-0.1, -0.05) is 18.9 Å². The van der Waals surface area contributed by atoms with Crippen LogP contribution in [0.2, 0.25) is 0 Å². The summed E-state index contributed by atoms with van der Waals surface area (Å²) in [6.45, 7) is 4.11. The van der Waals surface area contributed by atoms with Crippen molar-refractivity contribution in [1.29, 1.82) is 0 Å². The van der Waals surface area contributed by atoms with Gasteiger partial charge in [0.2, 0.25) is 5.91 Å². The number of carbonyl (C=O) groups excluding carboxylic acids is 2. The summed E-state index contributed by atoms with van der Waals surface area (Å²) in [5.41, 5.74) is 0.335. The molecule has 0 bridgehead atoms. The summed E-state index contributed by atoms with van der Waals surface area (Å²) in [6.07, 6.45) is 7.92. The maximum absolute atomic E-state index is 12.5. The van der Waals surface area contributed by atoms with E-state index in [9.17, 15) is 14.7 Å². The second kappa shape index (κ2) is 10.5. The molecule has 0 radical (unpaired) electrons. The minimum atomic E-state index is -0.754. The molecule has 1 aromatic heterocycles. The van der Waals surface area contributed by atoms with Crippen molar-refractivity contribution in [2.24, 2.45) is 0 Å². The van der Waals surface area contributed by atoms with Gasteiger partial charge in [-0.2, -0.15) is 0 Å². The fourth-order valence-corrected chi connectivity index (χ4v) is 4.04. The summed E-state index contributed by atoms with van der Waals surface area (Å²) < 4.78 is 0. The van der Waals surface area contributed by atoms with Gasteiger partial charge >= 0.3 is 0 Å². The summed E-state index contributed by atoms with van der Waals surface area (Å²) in [4.78, 5) is 33.0. The third kappa shape index (κ3) is 6.01. The van der Waals surface area contributed by atoms with Crippen LogP contribution in [0.25, 0.3) is 0 Å². The van der Waals surface area contributed by atoms with Gasteiger partial charge in [-0.05, 0) is 57.5 Å². The molecule has 3 rings (SSSR count). The Morgan fingerprint density at radius 2 is 1.93 bits per heavy atom. The van der Waals surface area contributed by atoms with Crippen molar-refractivity contribution in [2.45, 2.75) is 57.1 Å². The quantitative estimate of drug-likeness (QED) is 0.770. The highest BCUT2D eigenvalue weighted by Crippen LogP contribution is 2.15. The van der Waals surface area contributed by atoms with Crippen LogP contribution >= 0.6 is 0 Å². The number of nitrogens with one attached hydrogen (secondary N) is 1. The van der Waals surface area contributed by atoms with E-state index in [0.717, 1.165) is 26.1 Å². The lowest BCUT2D eigenvalue weighted by molar-refractivity contribution is -0.134. The number of piperidine rings is 1. The number of aliphatic hydroxyl groups excluding tert-OH is 1. The van der Waals surface area contributed by atoms with E-state index < -0.39 is 6.10 Å². The summed E-state index contributed by atoms with van der Waals surface area (Å²) in [5.74, 6) is -0.190. The lowest BCUT2D eigenvalue weighted by atomic mass is 10.0. The molecule has 2 fully saturated rings. The molecule has 2 aliphatic heterocycles. The first-order valence-electron chi connectivity index (χ1n) is 10.5. The Morgan fingerprint density at radius 1 is 1.14 bits per heavy atom. The van der Waals surface area contributed by atoms with E-state index in [2.05, 4.69) is 15.2 Å². The third-order valence-electron chi connectivity index (χ3n) is 5.71. The van der Waals surface area contributed by atoms with Crippen LogP contribution in [0.3, 0.4) is 0 Å². The number of β-amino-alcohol motifs (C(OH)–C–C–N with tert-alkyl or cyclic N) is 1. The lowest BCUT2D eigenvalue weighted by Gasteiger charge is -2.36. The van der Waals surface area contributed by atoms with Gasteiger partial charge in [-0.3, -0.25) is 14.6 Å². The van der Waals surface area contributed by atoms with Gasteiger partial charge in [0.05, 0.1) is 12.1 Å². The molecule has 28 heavy (non-hydrogen) atoms. The van der Waals surface area contributed by atoms with Crippen molar-refractivity contribution in [3.63, 3.8) is 0 Å². The Morgan fingerprint density at radius 3 is 2.61 bits per heavy atom. The Balaban J connectivity index is 1.39. The topological polar surface area (TPSA) is 85.8 Å². The van der Waals surface area contributed by atoms with Gasteiger partial charge in [0, 0.05) is 25.7 Å². The molecule has 2 saturated heterocycles. The molecule has 2 unspecified atom stereocenters. The van der Waals surface area contributed by atoms with Crippen LogP contribution in [-0.4, -0.2) is 76.6 Å². The van der Waals surface area contributed by atoms with E-state index in [-0.39, 0.29) is 24.4 Å². The Kier molecular flexibility index (Phi) is 7.80. The molecule has 7 heteroatoms. The molecule has 0 spiro atoms. The number of likely N-dealkylation sites (tertiary alicyclic amines) is 2. The van der Waals surface area contributed by atoms with Crippen LogP contribution < -0.4 is 5.32 Å². The van der Waals surface area contributed by atoms with Crippen LogP contribution in [-0.2, 0) is 4.79 Å². The Hall–Kier alpha value is -1.99. The minimum Gasteiger partial charge on any atom is -0.389 e. The number of amides is 2. The molecular weight excluding hydrogens is 356 g/mol. The molecule has 0 aromatic carbocycles. The maximum Gasteiger partial charge on any atom is 0.270 e. The molecule has 2 aliphatic rings. The number of nitrogens with zero attached hydrogens (tertiary/aromatic N) is 3. The zero-order valence-corrected chi connectivity index (χ0v) is 16.6. The van der Waals surface area contributed by atoms with E-state index >= 15 is 0 Å². The zero-order valence-electron chi connectivity index (χ0n) is 16.6. The number of pyridine rings is 1. The Labute approximate surface area is 167 Å². The zero-order chi connectivity index (χ0) is 19.8. The smallest absolute Gasteiger partial charge is 0.270 e. The van der Waals surface area contributed by atoms with Crippen LogP contribution in [0, 0.1) is 0 Å². The van der Waals surface area contributed by atoms with Crippen molar-refractivity contribution in [2.75, 3.05) is 32.7 Å². The summed E-state index contributed by atoms with van der Waals surface area (Å²) in [5, 5.41) is 13.2. The summed E-state index contributed by atoms with van der Waals surface area (Å²) in [6, 6.07) is 4.80. The van der Waals surface area contributed by atoms with Crippen molar-refractivity contribution in [3.05, 3.63) is 30.1 Å². The number of aliphatic hydroxyl groups is 1. The SMILES string of the molecule is O=C(NC1CCN(C(=O)CCCN2CCCCCC2)CC1O)c1ccccn1. The normalized spacial score (nSPS) is 23.8. The van der Waals surface area contributed by atoms with E-state index in [1.807, 2.05) is 0 Å². The average molecular weight is 389 g/mol. The standard InChI is InChI=1S/C21H32N4O3/c26-19-16-25(20(27)9-7-14-24-12-5-1-2-6-13-24)15-10-17(19)23-21(28)18-8-3-4-11-22-18/h3-4,8,11,17,19,26H,1-2,5-7,9-10,12-16H2,(H,23,28). The van der Waals surface area contributed by atoms with Crippen molar-refractivity contribution in [1.82, 2.24) is 20.1 Å². The van der Waals surface area contributed by atoms with Crippen molar-refractivity contribution < 1.29 is 14.7 Å². The predicted molar refractivity (Wildman–Crippen MR) is 107 cm³/mol. The molecule has 2 atom stereocenters. The van der Waals surface area contributed by atoms with Gasteiger partial charge in [-0.15, -0.1) is 0 Å². The molecule has 0 saturated carbocycles. The van der Waals surface area contributed by atoms with Crippen molar-refractivity contribution in [3.8, 4) is 0 Å². The molecule has 0 aliphatic carbocycles. The molecule has 7 nitrogen and oxygen atoms in total. The van der Waals surface area contributed by atoms with Crippen LogP contribution in [0.5, 0.6) is 0 Å². The first-order valence-corrected chi connectivity index (χ1v) is 10.5.